The third kappa shape index (κ3) is 1.81. The van der Waals surface area contributed by atoms with Gasteiger partial charge in [-0.15, -0.1) is 0 Å². The highest BCUT2D eigenvalue weighted by molar-refractivity contribution is 5.97. The van der Waals surface area contributed by atoms with Crippen molar-refractivity contribution in [3.05, 3.63) is 41.9 Å². The number of benzene rings is 1. The summed E-state index contributed by atoms with van der Waals surface area (Å²) in [5, 5.41) is 0. The van der Waals surface area contributed by atoms with Crippen molar-refractivity contribution < 1.29 is 9.21 Å². The maximum atomic E-state index is 11.3. The lowest BCUT2D eigenvalue weighted by molar-refractivity contribution is 0.101. The first kappa shape index (κ1) is 9.65. The summed E-state index contributed by atoms with van der Waals surface area (Å²) in [4.78, 5) is 15.4. The van der Waals surface area contributed by atoms with Crippen LogP contribution in [0.4, 0.5) is 0 Å². The lowest BCUT2D eigenvalue weighted by Crippen LogP contribution is -1.94. The summed E-state index contributed by atoms with van der Waals surface area (Å²) in [6, 6.07) is 9.51. The SMILES string of the molecule is CC(=O)c1nc(C)oc1-c1ccccc1. The Kier molecular flexibility index (Phi) is 2.37. The number of hydrogen-bond acceptors (Lipinski definition) is 3. The number of aryl methyl sites for hydroxylation is 1. The van der Waals surface area contributed by atoms with Crippen LogP contribution in [0.2, 0.25) is 0 Å². The molecule has 0 aliphatic carbocycles. The van der Waals surface area contributed by atoms with E-state index in [1.165, 1.54) is 6.92 Å². The molecule has 0 saturated carbocycles. The van der Waals surface area contributed by atoms with Crippen molar-refractivity contribution in [2.24, 2.45) is 0 Å². The van der Waals surface area contributed by atoms with Crippen molar-refractivity contribution >= 4 is 5.78 Å². The van der Waals surface area contributed by atoms with Crippen LogP contribution in [-0.2, 0) is 0 Å². The number of carbonyl (C=O) groups is 1. The second-order valence-electron chi connectivity index (χ2n) is 3.33. The van der Waals surface area contributed by atoms with Crippen molar-refractivity contribution in [1.82, 2.24) is 4.98 Å². The van der Waals surface area contributed by atoms with Crippen LogP contribution in [0.25, 0.3) is 11.3 Å². The molecular weight excluding hydrogens is 190 g/mol. The smallest absolute Gasteiger partial charge is 0.192 e. The zero-order chi connectivity index (χ0) is 10.8. The van der Waals surface area contributed by atoms with Crippen LogP contribution in [0, 0.1) is 6.92 Å². The van der Waals surface area contributed by atoms with Gasteiger partial charge in [0.1, 0.15) is 0 Å². The first-order valence-corrected chi connectivity index (χ1v) is 4.72. The third-order valence-electron chi connectivity index (χ3n) is 2.10. The summed E-state index contributed by atoms with van der Waals surface area (Å²) in [7, 11) is 0. The molecule has 1 aromatic heterocycles. The van der Waals surface area contributed by atoms with Gasteiger partial charge >= 0.3 is 0 Å². The molecule has 0 unspecified atom stereocenters. The van der Waals surface area contributed by atoms with Gasteiger partial charge in [0, 0.05) is 19.4 Å². The number of rotatable bonds is 2. The van der Waals surface area contributed by atoms with E-state index < -0.39 is 0 Å². The molecule has 1 aromatic carbocycles. The maximum Gasteiger partial charge on any atom is 0.192 e. The molecule has 0 amide bonds. The van der Waals surface area contributed by atoms with E-state index in [4.69, 9.17) is 4.42 Å². The van der Waals surface area contributed by atoms with Crippen LogP contribution in [0.15, 0.2) is 34.7 Å². The van der Waals surface area contributed by atoms with E-state index in [2.05, 4.69) is 4.98 Å². The van der Waals surface area contributed by atoms with Crippen LogP contribution >= 0.6 is 0 Å². The molecule has 0 atom stereocenters. The molecule has 0 aliphatic rings. The Balaban J connectivity index is 2.58. The summed E-state index contributed by atoms with van der Waals surface area (Å²) in [5.74, 6) is 0.991. The molecule has 2 rings (SSSR count). The maximum absolute atomic E-state index is 11.3. The van der Waals surface area contributed by atoms with Gasteiger partial charge in [-0.1, -0.05) is 30.3 Å². The Bertz CT molecular complexity index is 486. The second-order valence-corrected chi connectivity index (χ2v) is 3.33. The van der Waals surface area contributed by atoms with Gasteiger partial charge in [-0.25, -0.2) is 4.98 Å². The van der Waals surface area contributed by atoms with E-state index in [1.807, 2.05) is 30.3 Å². The fourth-order valence-electron chi connectivity index (χ4n) is 1.45. The molecule has 3 nitrogen and oxygen atoms in total. The van der Waals surface area contributed by atoms with Crippen LogP contribution in [0.3, 0.4) is 0 Å². The van der Waals surface area contributed by atoms with Crippen molar-refractivity contribution in [1.29, 1.82) is 0 Å². The molecule has 1 heterocycles. The van der Waals surface area contributed by atoms with Crippen molar-refractivity contribution in [2.45, 2.75) is 13.8 Å². The number of aromatic nitrogens is 1. The Morgan fingerprint density at radius 1 is 1.27 bits per heavy atom. The number of nitrogens with zero attached hydrogens (tertiary/aromatic N) is 1. The fourth-order valence-corrected chi connectivity index (χ4v) is 1.45. The fraction of sp³-hybridized carbons (Fsp3) is 0.167. The minimum absolute atomic E-state index is 0.0781. The molecule has 3 heteroatoms. The van der Waals surface area contributed by atoms with Gasteiger partial charge in [0.2, 0.25) is 0 Å². The van der Waals surface area contributed by atoms with Crippen molar-refractivity contribution in [3.63, 3.8) is 0 Å². The summed E-state index contributed by atoms with van der Waals surface area (Å²) >= 11 is 0. The van der Waals surface area contributed by atoms with Gasteiger partial charge in [-0.2, -0.15) is 0 Å². The van der Waals surface area contributed by atoms with E-state index in [1.54, 1.807) is 6.92 Å². The monoisotopic (exact) mass is 201 g/mol. The van der Waals surface area contributed by atoms with Gasteiger partial charge < -0.3 is 4.42 Å². The molecule has 0 spiro atoms. The minimum atomic E-state index is -0.0781. The standard InChI is InChI=1S/C12H11NO2/c1-8(14)11-12(15-9(2)13-11)10-6-4-3-5-7-10/h3-7H,1-2H3. The van der Waals surface area contributed by atoms with Gasteiger partial charge in [0.05, 0.1) is 0 Å². The third-order valence-corrected chi connectivity index (χ3v) is 2.10. The Morgan fingerprint density at radius 3 is 2.53 bits per heavy atom. The highest BCUT2D eigenvalue weighted by atomic mass is 16.4. The molecule has 2 aromatic rings. The van der Waals surface area contributed by atoms with Crippen LogP contribution in [-0.4, -0.2) is 10.8 Å². The Hall–Kier alpha value is -1.90. The lowest BCUT2D eigenvalue weighted by atomic mass is 10.1. The summed E-state index contributed by atoms with van der Waals surface area (Å²) in [6.45, 7) is 3.22. The molecule has 76 valence electrons. The quantitative estimate of drug-likeness (QED) is 0.701. The van der Waals surface area contributed by atoms with Crippen LogP contribution < -0.4 is 0 Å². The Labute approximate surface area is 87.8 Å². The van der Waals surface area contributed by atoms with Gasteiger partial charge in [0.25, 0.3) is 0 Å². The summed E-state index contributed by atoms with van der Waals surface area (Å²) < 4.78 is 5.43. The molecule has 0 radical (unpaired) electrons. The van der Waals surface area contributed by atoms with Gasteiger partial charge in [-0.3, -0.25) is 4.79 Å². The normalized spacial score (nSPS) is 10.3. The highest BCUT2D eigenvalue weighted by Crippen LogP contribution is 2.24. The second kappa shape index (κ2) is 3.69. The number of Topliss-reactive ketones (excluding diaryl/α,β-unsaturated/α-hetero) is 1. The molecule has 0 bridgehead atoms. The van der Waals surface area contributed by atoms with Crippen molar-refractivity contribution in [2.75, 3.05) is 0 Å². The molecule has 0 N–H and O–H groups in total. The molecule has 15 heavy (non-hydrogen) atoms. The largest absolute Gasteiger partial charge is 0.440 e. The number of hydrogen-bond donors (Lipinski definition) is 0. The first-order chi connectivity index (χ1) is 7.18. The number of ketones is 1. The van der Waals surface area contributed by atoms with Gasteiger partial charge in [-0.05, 0) is 0 Å². The Morgan fingerprint density at radius 2 is 1.93 bits per heavy atom. The van der Waals surface area contributed by atoms with E-state index in [0.29, 0.717) is 17.3 Å². The molecule has 0 aliphatic heterocycles. The van der Waals surface area contributed by atoms with E-state index >= 15 is 0 Å². The summed E-state index contributed by atoms with van der Waals surface area (Å²) in [5.41, 5.74) is 1.28. The molecule has 0 fully saturated rings. The summed E-state index contributed by atoms with van der Waals surface area (Å²) in [6.07, 6.45) is 0. The molecule has 0 saturated heterocycles. The predicted octanol–water partition coefficient (Wildman–Crippen LogP) is 2.85. The van der Waals surface area contributed by atoms with Crippen LogP contribution in [0.1, 0.15) is 23.3 Å². The first-order valence-electron chi connectivity index (χ1n) is 4.72. The van der Waals surface area contributed by atoms with E-state index in [9.17, 15) is 4.79 Å². The lowest BCUT2D eigenvalue weighted by Gasteiger charge is -1.96. The minimum Gasteiger partial charge on any atom is -0.440 e. The highest BCUT2D eigenvalue weighted by Gasteiger charge is 2.16. The topological polar surface area (TPSA) is 43.1 Å². The average Bonchev–Trinajstić information content (AvgIpc) is 2.62. The number of oxazole rings is 1. The predicted molar refractivity (Wildman–Crippen MR) is 56.7 cm³/mol. The zero-order valence-corrected chi connectivity index (χ0v) is 8.65. The van der Waals surface area contributed by atoms with Gasteiger partial charge in [0.15, 0.2) is 23.1 Å². The van der Waals surface area contributed by atoms with Crippen LogP contribution in [0.5, 0.6) is 0 Å². The average molecular weight is 201 g/mol. The van der Waals surface area contributed by atoms with E-state index in [0.717, 1.165) is 5.56 Å². The number of carbonyl (C=O) groups excluding carboxylic acids is 1. The van der Waals surface area contributed by atoms with E-state index in [-0.39, 0.29) is 5.78 Å². The van der Waals surface area contributed by atoms with Crippen molar-refractivity contribution in [3.8, 4) is 11.3 Å². The zero-order valence-electron chi connectivity index (χ0n) is 8.65. The molecular formula is C12H11NO2.